The second-order valence-corrected chi connectivity index (χ2v) is 8.96. The van der Waals surface area contributed by atoms with Crippen molar-refractivity contribution in [3.63, 3.8) is 0 Å². The molecule has 7 nitrogen and oxygen atoms in total. The van der Waals surface area contributed by atoms with E-state index in [0.717, 1.165) is 37.3 Å². The van der Waals surface area contributed by atoms with Crippen LogP contribution in [-0.4, -0.2) is 49.3 Å². The van der Waals surface area contributed by atoms with Crippen molar-refractivity contribution in [3.8, 4) is 0 Å². The maximum absolute atomic E-state index is 12.7. The van der Waals surface area contributed by atoms with E-state index < -0.39 is 0 Å². The summed E-state index contributed by atoms with van der Waals surface area (Å²) >= 11 is 0. The number of carbonyl (C=O) groups excluding carboxylic acids is 3. The number of amides is 3. The fourth-order valence-electron chi connectivity index (χ4n) is 4.23. The Balaban J connectivity index is 1.26. The second-order valence-electron chi connectivity index (χ2n) is 8.96. The Bertz CT molecular complexity index is 1170. The van der Waals surface area contributed by atoms with E-state index in [-0.39, 0.29) is 24.3 Å². The minimum Gasteiger partial charge on any atom is -0.376 e. The molecular formula is C29H32N4O3. The smallest absolute Gasteiger partial charge is 0.258 e. The van der Waals surface area contributed by atoms with Crippen molar-refractivity contribution in [2.45, 2.75) is 25.7 Å². The number of anilines is 3. The Labute approximate surface area is 212 Å². The minimum absolute atomic E-state index is 0.0677. The Hall–Kier alpha value is -4.13. The van der Waals surface area contributed by atoms with Gasteiger partial charge in [0.2, 0.25) is 5.91 Å². The van der Waals surface area contributed by atoms with Gasteiger partial charge in [-0.3, -0.25) is 14.4 Å². The SMILES string of the molecule is CN(C(=O)c1ccc(NC(=O)CNc2ccc(C(=O)N3CCCCCC3)cc2)cc1)c1ccccc1. The van der Waals surface area contributed by atoms with Crippen molar-refractivity contribution >= 4 is 34.8 Å². The van der Waals surface area contributed by atoms with Crippen LogP contribution in [0.2, 0.25) is 0 Å². The summed E-state index contributed by atoms with van der Waals surface area (Å²) in [6, 6.07) is 23.5. The molecule has 0 atom stereocenters. The zero-order chi connectivity index (χ0) is 25.3. The molecule has 2 N–H and O–H groups in total. The summed E-state index contributed by atoms with van der Waals surface area (Å²) in [5.74, 6) is -0.267. The first-order valence-corrected chi connectivity index (χ1v) is 12.4. The van der Waals surface area contributed by atoms with E-state index in [1.54, 1.807) is 48.3 Å². The average Bonchev–Trinajstić information content (AvgIpc) is 3.22. The molecule has 0 bridgehead atoms. The maximum atomic E-state index is 12.7. The van der Waals surface area contributed by atoms with E-state index >= 15 is 0 Å². The van der Waals surface area contributed by atoms with E-state index in [0.29, 0.717) is 16.8 Å². The number of nitrogens with one attached hydrogen (secondary N) is 2. The molecule has 1 aliphatic heterocycles. The van der Waals surface area contributed by atoms with Crippen LogP contribution < -0.4 is 15.5 Å². The minimum atomic E-state index is -0.208. The Morgan fingerprint density at radius 2 is 1.33 bits per heavy atom. The summed E-state index contributed by atoms with van der Waals surface area (Å²) in [5.41, 5.74) is 3.39. The molecule has 0 saturated carbocycles. The third-order valence-electron chi connectivity index (χ3n) is 6.34. The zero-order valence-corrected chi connectivity index (χ0v) is 20.6. The molecule has 1 aliphatic rings. The molecule has 0 aliphatic carbocycles. The molecule has 3 aromatic carbocycles. The van der Waals surface area contributed by atoms with Crippen LogP contribution in [0.15, 0.2) is 78.9 Å². The Kier molecular flexibility index (Phi) is 8.34. The van der Waals surface area contributed by atoms with Crippen molar-refractivity contribution in [2.75, 3.05) is 42.2 Å². The van der Waals surface area contributed by atoms with Gasteiger partial charge in [0.05, 0.1) is 6.54 Å². The van der Waals surface area contributed by atoms with Gasteiger partial charge in [-0.25, -0.2) is 0 Å². The number of rotatable bonds is 7. The van der Waals surface area contributed by atoms with Crippen molar-refractivity contribution in [1.29, 1.82) is 0 Å². The molecule has 0 unspecified atom stereocenters. The van der Waals surface area contributed by atoms with Crippen LogP contribution >= 0.6 is 0 Å². The first-order chi connectivity index (χ1) is 17.5. The number of likely N-dealkylation sites (tertiary alicyclic amines) is 1. The number of benzene rings is 3. The normalized spacial score (nSPS) is 13.4. The lowest BCUT2D eigenvalue weighted by Crippen LogP contribution is -2.31. The van der Waals surface area contributed by atoms with Crippen LogP contribution in [0, 0.1) is 0 Å². The van der Waals surface area contributed by atoms with Gasteiger partial charge >= 0.3 is 0 Å². The molecule has 7 heteroatoms. The van der Waals surface area contributed by atoms with Crippen LogP contribution in [0.25, 0.3) is 0 Å². The van der Waals surface area contributed by atoms with Crippen molar-refractivity contribution in [2.24, 2.45) is 0 Å². The summed E-state index contributed by atoms with van der Waals surface area (Å²) in [4.78, 5) is 41.4. The second kappa shape index (κ2) is 12.0. The van der Waals surface area contributed by atoms with E-state index in [1.807, 2.05) is 47.4 Å². The predicted molar refractivity (Wildman–Crippen MR) is 144 cm³/mol. The van der Waals surface area contributed by atoms with E-state index in [4.69, 9.17) is 0 Å². The highest BCUT2D eigenvalue weighted by molar-refractivity contribution is 6.06. The Morgan fingerprint density at radius 1 is 0.750 bits per heavy atom. The Morgan fingerprint density at radius 3 is 1.97 bits per heavy atom. The molecule has 36 heavy (non-hydrogen) atoms. The molecule has 1 saturated heterocycles. The van der Waals surface area contributed by atoms with E-state index in [1.165, 1.54) is 12.8 Å². The molecular weight excluding hydrogens is 452 g/mol. The predicted octanol–water partition coefficient (Wildman–Crippen LogP) is 5.03. The topological polar surface area (TPSA) is 81.8 Å². The molecule has 0 aromatic heterocycles. The van der Waals surface area contributed by atoms with Crippen molar-refractivity contribution in [3.05, 3.63) is 90.0 Å². The zero-order valence-electron chi connectivity index (χ0n) is 20.6. The van der Waals surface area contributed by atoms with Gasteiger partial charge in [-0.2, -0.15) is 0 Å². The lowest BCUT2D eigenvalue weighted by atomic mass is 10.1. The lowest BCUT2D eigenvalue weighted by Gasteiger charge is -2.20. The molecule has 4 rings (SSSR count). The quantitative estimate of drug-likeness (QED) is 0.493. The number of carbonyl (C=O) groups is 3. The standard InChI is InChI=1S/C29H32N4O3/c1-32(26-9-5-4-6-10-26)28(35)22-13-17-25(18-14-22)31-27(34)21-30-24-15-11-23(12-16-24)29(36)33-19-7-2-3-8-20-33/h4-6,9-18,30H,2-3,7-8,19-21H2,1H3,(H,31,34). The first-order valence-electron chi connectivity index (χ1n) is 12.4. The number of hydrogen-bond donors (Lipinski definition) is 2. The van der Waals surface area contributed by atoms with E-state index in [9.17, 15) is 14.4 Å². The highest BCUT2D eigenvalue weighted by Crippen LogP contribution is 2.18. The van der Waals surface area contributed by atoms with Crippen LogP contribution in [0.1, 0.15) is 46.4 Å². The summed E-state index contributed by atoms with van der Waals surface area (Å²) < 4.78 is 0. The molecule has 0 radical (unpaired) electrons. The summed E-state index contributed by atoms with van der Waals surface area (Å²) in [6.07, 6.45) is 4.49. The number of hydrogen-bond acceptors (Lipinski definition) is 4. The van der Waals surface area contributed by atoms with Gasteiger partial charge < -0.3 is 20.4 Å². The van der Waals surface area contributed by atoms with Gasteiger partial charge in [0.1, 0.15) is 0 Å². The van der Waals surface area contributed by atoms with Crippen LogP contribution in [0.3, 0.4) is 0 Å². The van der Waals surface area contributed by atoms with Gasteiger partial charge in [-0.05, 0) is 73.5 Å². The van der Waals surface area contributed by atoms with Gasteiger partial charge in [-0.1, -0.05) is 31.0 Å². The lowest BCUT2D eigenvalue weighted by molar-refractivity contribution is -0.114. The maximum Gasteiger partial charge on any atom is 0.258 e. The average molecular weight is 485 g/mol. The molecule has 3 amide bonds. The highest BCUT2D eigenvalue weighted by Gasteiger charge is 2.17. The molecule has 0 spiro atoms. The molecule has 1 fully saturated rings. The molecule has 3 aromatic rings. The number of para-hydroxylation sites is 1. The third-order valence-corrected chi connectivity index (χ3v) is 6.34. The van der Waals surface area contributed by atoms with Crippen LogP contribution in [0.4, 0.5) is 17.1 Å². The fraction of sp³-hybridized carbons (Fsp3) is 0.276. The largest absolute Gasteiger partial charge is 0.376 e. The van der Waals surface area contributed by atoms with Crippen molar-refractivity contribution in [1.82, 2.24) is 4.90 Å². The van der Waals surface area contributed by atoms with Gasteiger partial charge in [-0.15, -0.1) is 0 Å². The number of nitrogens with zero attached hydrogens (tertiary/aromatic N) is 2. The van der Waals surface area contributed by atoms with Crippen LogP contribution in [-0.2, 0) is 4.79 Å². The summed E-state index contributed by atoms with van der Waals surface area (Å²) in [6.45, 7) is 1.71. The monoisotopic (exact) mass is 484 g/mol. The van der Waals surface area contributed by atoms with Gasteiger partial charge in [0, 0.05) is 48.3 Å². The van der Waals surface area contributed by atoms with Crippen LogP contribution in [0.5, 0.6) is 0 Å². The molecule has 1 heterocycles. The highest BCUT2D eigenvalue weighted by atomic mass is 16.2. The van der Waals surface area contributed by atoms with E-state index in [2.05, 4.69) is 10.6 Å². The molecule has 186 valence electrons. The summed E-state index contributed by atoms with van der Waals surface area (Å²) in [7, 11) is 1.73. The summed E-state index contributed by atoms with van der Waals surface area (Å²) in [5, 5.41) is 5.92. The first kappa shape index (κ1) is 25.0. The van der Waals surface area contributed by atoms with Gasteiger partial charge in [0.25, 0.3) is 11.8 Å². The van der Waals surface area contributed by atoms with Gasteiger partial charge in [0.15, 0.2) is 0 Å². The third kappa shape index (κ3) is 6.50. The fourth-order valence-corrected chi connectivity index (χ4v) is 4.23. The van der Waals surface area contributed by atoms with Crippen molar-refractivity contribution < 1.29 is 14.4 Å².